The maximum absolute atomic E-state index is 8.40. The number of anilines is 2. The number of aromatic nitrogens is 1. The second-order valence-electron chi connectivity index (χ2n) is 1.78. The second-order valence-corrected chi connectivity index (χ2v) is 1.78. The summed E-state index contributed by atoms with van der Waals surface area (Å²) in [5, 5.41) is 8.40. The van der Waals surface area contributed by atoms with Crippen molar-refractivity contribution < 1.29 is 0 Å². The quantitative estimate of drug-likeness (QED) is 0.527. The van der Waals surface area contributed by atoms with Crippen molar-refractivity contribution in [1.29, 1.82) is 5.26 Å². The van der Waals surface area contributed by atoms with E-state index in [-0.39, 0.29) is 5.82 Å². The fraction of sp³-hybridized carbons (Fsp3) is 0. The van der Waals surface area contributed by atoms with E-state index >= 15 is 0 Å². The smallest absolute Gasteiger partial charge is 0.143 e. The minimum absolute atomic E-state index is 0.183. The molecule has 0 unspecified atom stereocenters. The highest BCUT2D eigenvalue weighted by Gasteiger charge is 1.96. The van der Waals surface area contributed by atoms with Gasteiger partial charge in [0.25, 0.3) is 0 Å². The van der Waals surface area contributed by atoms with Crippen LogP contribution in [0.3, 0.4) is 0 Å². The second kappa shape index (κ2) is 2.23. The molecule has 0 spiro atoms. The molecule has 0 amide bonds. The Morgan fingerprint density at radius 2 is 2.10 bits per heavy atom. The third kappa shape index (κ3) is 0.977. The van der Waals surface area contributed by atoms with Crippen molar-refractivity contribution in [1.82, 2.24) is 4.98 Å². The molecule has 50 valence electrons. The standard InChI is InChI=1S/C6H6N4/c7-3-4-1-2-5(8)10-6(4)9/h1-2H,(H4,8,9,10). The third-order valence-electron chi connectivity index (χ3n) is 1.07. The van der Waals surface area contributed by atoms with Crippen LogP contribution in [0, 0.1) is 11.3 Å². The van der Waals surface area contributed by atoms with Gasteiger partial charge in [-0.2, -0.15) is 5.26 Å². The molecule has 0 aliphatic carbocycles. The summed E-state index contributed by atoms with van der Waals surface area (Å²) >= 11 is 0. The molecule has 10 heavy (non-hydrogen) atoms. The zero-order valence-electron chi connectivity index (χ0n) is 5.20. The number of hydrogen-bond acceptors (Lipinski definition) is 4. The molecule has 0 radical (unpaired) electrons. The Balaban J connectivity index is 3.23. The average Bonchev–Trinajstić information content (AvgIpc) is 1.88. The fourth-order valence-corrected chi connectivity index (χ4v) is 0.585. The Labute approximate surface area is 58.1 Å². The summed E-state index contributed by atoms with van der Waals surface area (Å²) < 4.78 is 0. The number of nitriles is 1. The molecule has 0 atom stereocenters. The van der Waals surface area contributed by atoms with Crippen LogP contribution >= 0.6 is 0 Å². The highest BCUT2D eigenvalue weighted by Crippen LogP contribution is 2.08. The summed E-state index contributed by atoms with van der Waals surface area (Å²) in [7, 11) is 0. The molecule has 0 aliphatic heterocycles. The predicted octanol–water partition coefficient (Wildman–Crippen LogP) is 0.118. The van der Waals surface area contributed by atoms with Gasteiger partial charge in [0, 0.05) is 0 Å². The number of nitrogens with zero attached hydrogens (tertiary/aromatic N) is 2. The van der Waals surface area contributed by atoms with E-state index < -0.39 is 0 Å². The van der Waals surface area contributed by atoms with Gasteiger partial charge in [-0.25, -0.2) is 4.98 Å². The number of hydrogen-bond donors (Lipinski definition) is 2. The number of nitrogens with two attached hydrogens (primary N) is 2. The summed E-state index contributed by atoms with van der Waals surface area (Å²) in [6.07, 6.45) is 0. The van der Waals surface area contributed by atoms with Crippen LogP contribution in [0.1, 0.15) is 5.56 Å². The Morgan fingerprint density at radius 3 is 2.60 bits per heavy atom. The molecule has 0 saturated heterocycles. The van der Waals surface area contributed by atoms with Crippen molar-refractivity contribution in [2.45, 2.75) is 0 Å². The van der Waals surface area contributed by atoms with Crippen molar-refractivity contribution >= 4 is 11.6 Å². The summed E-state index contributed by atoms with van der Waals surface area (Å²) in [6.45, 7) is 0. The Hall–Kier alpha value is -1.76. The first-order valence-electron chi connectivity index (χ1n) is 2.66. The topological polar surface area (TPSA) is 88.7 Å². The highest BCUT2D eigenvalue weighted by atomic mass is 14.9. The van der Waals surface area contributed by atoms with Gasteiger partial charge in [-0.15, -0.1) is 0 Å². The highest BCUT2D eigenvalue weighted by molar-refractivity contribution is 5.52. The van der Waals surface area contributed by atoms with Gasteiger partial charge in [-0.3, -0.25) is 0 Å². The van der Waals surface area contributed by atoms with Crippen LogP contribution in [0.25, 0.3) is 0 Å². The summed E-state index contributed by atoms with van der Waals surface area (Å²) in [4.78, 5) is 3.68. The van der Waals surface area contributed by atoms with Crippen molar-refractivity contribution in [3.8, 4) is 6.07 Å². The molecule has 4 heteroatoms. The molecule has 4 nitrogen and oxygen atoms in total. The van der Waals surface area contributed by atoms with E-state index in [1.54, 1.807) is 0 Å². The van der Waals surface area contributed by atoms with Crippen LogP contribution in [-0.4, -0.2) is 4.98 Å². The SMILES string of the molecule is N#Cc1ccc(N)nc1N. The minimum atomic E-state index is 0.183. The zero-order valence-corrected chi connectivity index (χ0v) is 5.20. The van der Waals surface area contributed by atoms with Gasteiger partial charge >= 0.3 is 0 Å². The lowest BCUT2D eigenvalue weighted by Crippen LogP contribution is -1.97. The lowest BCUT2D eigenvalue weighted by atomic mass is 10.3. The summed E-state index contributed by atoms with van der Waals surface area (Å²) in [5.74, 6) is 0.513. The molecule has 0 fully saturated rings. The molecule has 1 aromatic heterocycles. The van der Waals surface area contributed by atoms with Gasteiger partial charge < -0.3 is 11.5 Å². The molecule has 1 heterocycles. The van der Waals surface area contributed by atoms with Gasteiger partial charge in [0.1, 0.15) is 17.7 Å². The van der Waals surface area contributed by atoms with Crippen molar-refractivity contribution in [3.63, 3.8) is 0 Å². The molecular formula is C6H6N4. The molecule has 0 bridgehead atoms. The Morgan fingerprint density at radius 1 is 1.40 bits per heavy atom. The number of pyridine rings is 1. The number of rotatable bonds is 0. The summed E-state index contributed by atoms with van der Waals surface area (Å²) in [6, 6.07) is 4.96. The normalized spacial score (nSPS) is 8.70. The minimum Gasteiger partial charge on any atom is -0.384 e. The van der Waals surface area contributed by atoms with E-state index in [2.05, 4.69) is 4.98 Å². The lowest BCUT2D eigenvalue weighted by molar-refractivity contribution is 1.32. The van der Waals surface area contributed by atoms with Crippen LogP contribution in [-0.2, 0) is 0 Å². The number of nitrogen functional groups attached to an aromatic ring is 2. The van der Waals surface area contributed by atoms with Crippen molar-refractivity contribution in [2.24, 2.45) is 0 Å². The third-order valence-corrected chi connectivity index (χ3v) is 1.07. The average molecular weight is 134 g/mol. The lowest BCUT2D eigenvalue weighted by Gasteiger charge is -1.95. The molecule has 0 aromatic carbocycles. The first-order chi connectivity index (χ1) is 4.74. The van der Waals surface area contributed by atoms with Crippen molar-refractivity contribution in [2.75, 3.05) is 11.5 Å². The molecule has 1 aromatic rings. The fourth-order valence-electron chi connectivity index (χ4n) is 0.585. The van der Waals surface area contributed by atoms with Crippen molar-refractivity contribution in [3.05, 3.63) is 17.7 Å². The first-order valence-corrected chi connectivity index (χ1v) is 2.66. The zero-order chi connectivity index (χ0) is 7.56. The van der Waals surface area contributed by atoms with E-state index in [1.165, 1.54) is 12.1 Å². The largest absolute Gasteiger partial charge is 0.384 e. The van der Waals surface area contributed by atoms with Gasteiger partial charge in [0.2, 0.25) is 0 Å². The van der Waals surface area contributed by atoms with Gasteiger partial charge in [0.15, 0.2) is 0 Å². The predicted molar refractivity (Wildman–Crippen MR) is 37.8 cm³/mol. The molecule has 4 N–H and O–H groups in total. The van der Waals surface area contributed by atoms with Crippen LogP contribution in [0.15, 0.2) is 12.1 Å². The van der Waals surface area contributed by atoms with E-state index in [0.29, 0.717) is 11.4 Å². The molecular weight excluding hydrogens is 128 g/mol. The maximum Gasteiger partial charge on any atom is 0.143 e. The summed E-state index contributed by atoms with van der Waals surface area (Å²) in [5.41, 5.74) is 11.0. The Bertz CT molecular complexity index is 286. The van der Waals surface area contributed by atoms with Crippen LogP contribution in [0.5, 0.6) is 0 Å². The maximum atomic E-state index is 8.40. The first kappa shape index (κ1) is 6.36. The Kier molecular flexibility index (Phi) is 1.42. The van der Waals surface area contributed by atoms with Gasteiger partial charge in [0.05, 0.1) is 5.56 Å². The molecule has 1 rings (SSSR count). The van der Waals surface area contributed by atoms with E-state index in [9.17, 15) is 0 Å². The molecule has 0 aliphatic rings. The van der Waals surface area contributed by atoms with E-state index in [0.717, 1.165) is 0 Å². The van der Waals surface area contributed by atoms with Gasteiger partial charge in [-0.1, -0.05) is 0 Å². The van der Waals surface area contributed by atoms with Crippen LogP contribution in [0.4, 0.5) is 11.6 Å². The molecule has 0 saturated carbocycles. The van der Waals surface area contributed by atoms with E-state index in [4.69, 9.17) is 16.7 Å². The van der Waals surface area contributed by atoms with Gasteiger partial charge in [-0.05, 0) is 12.1 Å². The van der Waals surface area contributed by atoms with E-state index in [1.807, 2.05) is 6.07 Å². The van der Waals surface area contributed by atoms with Crippen LogP contribution < -0.4 is 11.5 Å². The van der Waals surface area contributed by atoms with Crippen LogP contribution in [0.2, 0.25) is 0 Å². The monoisotopic (exact) mass is 134 g/mol.